The van der Waals surface area contributed by atoms with E-state index >= 15 is 0 Å². The highest BCUT2D eigenvalue weighted by Gasteiger charge is 2.37. The number of nitrogens with zero attached hydrogens (tertiary/aromatic N) is 1. The van der Waals surface area contributed by atoms with E-state index in [2.05, 4.69) is 0 Å². The molecule has 0 spiro atoms. The highest BCUT2D eigenvalue weighted by molar-refractivity contribution is 5.77. The molecule has 1 amide bonds. The molecule has 1 saturated carbocycles. The van der Waals surface area contributed by atoms with Crippen molar-refractivity contribution in [3.05, 3.63) is 23.8 Å². The first-order valence-corrected chi connectivity index (χ1v) is 9.41. The molecule has 1 aromatic rings. The van der Waals surface area contributed by atoms with Crippen molar-refractivity contribution in [1.29, 1.82) is 0 Å². The SMILES string of the molecule is COc1ccc([C@@H]2[C@@H](CO)OCCN2C(=O)CC2CCCC2)cc1OC. The van der Waals surface area contributed by atoms with E-state index < -0.39 is 6.10 Å². The third-order valence-electron chi connectivity index (χ3n) is 5.54. The van der Waals surface area contributed by atoms with Gasteiger partial charge < -0.3 is 24.2 Å². The van der Waals surface area contributed by atoms with Crippen molar-refractivity contribution in [2.24, 2.45) is 5.92 Å². The van der Waals surface area contributed by atoms with Crippen molar-refractivity contribution in [2.75, 3.05) is 34.0 Å². The van der Waals surface area contributed by atoms with E-state index in [1.165, 1.54) is 12.8 Å². The maximum atomic E-state index is 13.0. The highest BCUT2D eigenvalue weighted by atomic mass is 16.5. The van der Waals surface area contributed by atoms with Gasteiger partial charge in [0.2, 0.25) is 5.91 Å². The first kappa shape index (κ1) is 19.0. The van der Waals surface area contributed by atoms with Gasteiger partial charge in [-0.3, -0.25) is 4.79 Å². The quantitative estimate of drug-likeness (QED) is 0.841. The number of morpholine rings is 1. The van der Waals surface area contributed by atoms with Crippen LogP contribution in [0.25, 0.3) is 0 Å². The third-order valence-corrected chi connectivity index (χ3v) is 5.54. The van der Waals surface area contributed by atoms with Crippen LogP contribution in [0.2, 0.25) is 0 Å². The number of ether oxygens (including phenoxy) is 3. The number of aliphatic hydroxyl groups is 1. The molecular weight excluding hydrogens is 334 g/mol. The van der Waals surface area contributed by atoms with E-state index in [4.69, 9.17) is 14.2 Å². The summed E-state index contributed by atoms with van der Waals surface area (Å²) < 4.78 is 16.5. The number of benzene rings is 1. The Morgan fingerprint density at radius 2 is 1.96 bits per heavy atom. The molecule has 0 aromatic heterocycles. The van der Waals surface area contributed by atoms with Crippen molar-refractivity contribution in [2.45, 2.75) is 44.2 Å². The molecule has 0 unspecified atom stereocenters. The molecule has 6 nitrogen and oxygen atoms in total. The van der Waals surface area contributed by atoms with Gasteiger partial charge in [-0.15, -0.1) is 0 Å². The Balaban J connectivity index is 1.86. The van der Waals surface area contributed by atoms with E-state index in [0.717, 1.165) is 18.4 Å². The molecular formula is C20H29NO5. The van der Waals surface area contributed by atoms with Crippen LogP contribution in [0.1, 0.15) is 43.7 Å². The Bertz CT molecular complexity index is 614. The summed E-state index contributed by atoms with van der Waals surface area (Å²) in [5.41, 5.74) is 0.890. The van der Waals surface area contributed by atoms with Crippen molar-refractivity contribution in [3.63, 3.8) is 0 Å². The zero-order valence-corrected chi connectivity index (χ0v) is 15.6. The first-order valence-electron chi connectivity index (χ1n) is 9.41. The number of carbonyl (C=O) groups is 1. The third kappa shape index (κ3) is 3.96. The molecule has 2 atom stereocenters. The fourth-order valence-corrected chi connectivity index (χ4v) is 4.18. The molecule has 1 aromatic carbocycles. The molecule has 2 fully saturated rings. The molecule has 0 radical (unpaired) electrons. The lowest BCUT2D eigenvalue weighted by atomic mass is 9.95. The lowest BCUT2D eigenvalue weighted by Gasteiger charge is -2.41. The summed E-state index contributed by atoms with van der Waals surface area (Å²) in [5, 5.41) is 9.81. The maximum absolute atomic E-state index is 13.0. The van der Waals surface area contributed by atoms with E-state index in [9.17, 15) is 9.90 Å². The van der Waals surface area contributed by atoms with Crippen LogP contribution in [-0.2, 0) is 9.53 Å². The predicted molar refractivity (Wildman–Crippen MR) is 97.4 cm³/mol. The second-order valence-corrected chi connectivity index (χ2v) is 7.09. The molecule has 3 rings (SSSR count). The summed E-state index contributed by atoms with van der Waals surface area (Å²) >= 11 is 0. The van der Waals surface area contributed by atoms with Crippen molar-refractivity contribution in [3.8, 4) is 11.5 Å². The normalized spacial score (nSPS) is 23.9. The first-order chi connectivity index (χ1) is 12.7. The Hall–Kier alpha value is -1.79. The number of hydrogen-bond donors (Lipinski definition) is 1. The molecule has 1 aliphatic carbocycles. The molecule has 144 valence electrons. The minimum atomic E-state index is -0.436. The van der Waals surface area contributed by atoms with Gasteiger partial charge in [-0.25, -0.2) is 0 Å². The van der Waals surface area contributed by atoms with E-state index in [0.29, 0.717) is 37.0 Å². The van der Waals surface area contributed by atoms with Crippen LogP contribution in [0, 0.1) is 5.92 Å². The molecule has 1 N–H and O–H groups in total. The van der Waals surface area contributed by atoms with Crippen LogP contribution in [0.15, 0.2) is 18.2 Å². The summed E-state index contributed by atoms with van der Waals surface area (Å²) in [4.78, 5) is 14.9. The van der Waals surface area contributed by atoms with Crippen LogP contribution in [0.4, 0.5) is 0 Å². The van der Waals surface area contributed by atoms with E-state index in [-0.39, 0.29) is 18.6 Å². The number of rotatable bonds is 6. The summed E-state index contributed by atoms with van der Waals surface area (Å²) in [6, 6.07) is 5.30. The molecule has 6 heteroatoms. The summed E-state index contributed by atoms with van der Waals surface area (Å²) in [6.45, 7) is 0.860. The topological polar surface area (TPSA) is 68.2 Å². The van der Waals surface area contributed by atoms with Gasteiger partial charge in [0.05, 0.1) is 33.5 Å². The van der Waals surface area contributed by atoms with E-state index in [1.54, 1.807) is 14.2 Å². The molecule has 1 aliphatic heterocycles. The van der Waals surface area contributed by atoms with Gasteiger partial charge in [0, 0.05) is 13.0 Å². The van der Waals surface area contributed by atoms with Crippen LogP contribution in [0.5, 0.6) is 11.5 Å². The number of amides is 1. The standard InChI is InChI=1S/C20H29NO5/c1-24-16-8-7-15(12-17(16)25-2)20-18(13-22)26-10-9-21(20)19(23)11-14-5-3-4-6-14/h7-8,12,14,18,20,22H,3-6,9-11,13H2,1-2H3/t18-,20-/m1/s1. The average molecular weight is 363 g/mol. The molecule has 0 bridgehead atoms. The van der Waals surface area contributed by atoms with Crippen molar-refractivity contribution < 1.29 is 24.1 Å². The molecule has 26 heavy (non-hydrogen) atoms. The fraction of sp³-hybridized carbons (Fsp3) is 0.650. The summed E-state index contributed by atoms with van der Waals surface area (Å²) in [7, 11) is 3.18. The monoisotopic (exact) mass is 363 g/mol. The largest absolute Gasteiger partial charge is 0.493 e. The minimum Gasteiger partial charge on any atom is -0.493 e. The highest BCUT2D eigenvalue weighted by Crippen LogP contribution is 2.37. The average Bonchev–Trinajstić information content (AvgIpc) is 3.19. The Labute approximate surface area is 155 Å². The minimum absolute atomic E-state index is 0.133. The smallest absolute Gasteiger partial charge is 0.223 e. The second-order valence-electron chi connectivity index (χ2n) is 7.09. The zero-order chi connectivity index (χ0) is 18.5. The van der Waals surface area contributed by atoms with E-state index in [1.807, 2.05) is 23.1 Å². The van der Waals surface area contributed by atoms with Crippen LogP contribution in [0.3, 0.4) is 0 Å². The molecule has 1 saturated heterocycles. The molecule has 2 aliphatic rings. The fourth-order valence-electron chi connectivity index (χ4n) is 4.18. The number of carbonyl (C=O) groups excluding carboxylic acids is 1. The van der Waals surface area contributed by atoms with Crippen LogP contribution >= 0.6 is 0 Å². The Kier molecular flexibility index (Phi) is 6.38. The van der Waals surface area contributed by atoms with Gasteiger partial charge in [0.15, 0.2) is 11.5 Å². The Morgan fingerprint density at radius 1 is 1.23 bits per heavy atom. The maximum Gasteiger partial charge on any atom is 0.223 e. The van der Waals surface area contributed by atoms with Gasteiger partial charge in [-0.05, 0) is 36.5 Å². The number of aliphatic hydroxyl groups excluding tert-OH is 1. The number of hydrogen-bond acceptors (Lipinski definition) is 5. The van der Waals surface area contributed by atoms with Crippen LogP contribution in [-0.4, -0.2) is 56.0 Å². The molecule has 1 heterocycles. The van der Waals surface area contributed by atoms with Gasteiger partial charge in [0.25, 0.3) is 0 Å². The second kappa shape index (κ2) is 8.73. The van der Waals surface area contributed by atoms with Gasteiger partial charge in [0.1, 0.15) is 6.10 Å². The summed E-state index contributed by atoms with van der Waals surface area (Å²) in [6.07, 6.45) is 4.87. The van der Waals surface area contributed by atoms with Crippen molar-refractivity contribution in [1.82, 2.24) is 4.90 Å². The van der Waals surface area contributed by atoms with Gasteiger partial charge in [-0.2, -0.15) is 0 Å². The van der Waals surface area contributed by atoms with Crippen molar-refractivity contribution >= 4 is 5.91 Å². The lowest BCUT2D eigenvalue weighted by molar-refractivity contribution is -0.150. The zero-order valence-electron chi connectivity index (χ0n) is 15.6. The lowest BCUT2D eigenvalue weighted by Crippen LogP contribution is -2.49. The number of methoxy groups -OCH3 is 2. The predicted octanol–water partition coefficient (Wildman–Crippen LogP) is 2.54. The Morgan fingerprint density at radius 3 is 2.62 bits per heavy atom. The van der Waals surface area contributed by atoms with Crippen LogP contribution < -0.4 is 9.47 Å². The summed E-state index contributed by atoms with van der Waals surface area (Å²) in [5.74, 6) is 1.88. The van der Waals surface area contributed by atoms with Gasteiger partial charge >= 0.3 is 0 Å². The van der Waals surface area contributed by atoms with Gasteiger partial charge in [-0.1, -0.05) is 18.9 Å².